The van der Waals surface area contributed by atoms with Gasteiger partial charge in [0, 0.05) is 13.1 Å². The Labute approximate surface area is 170 Å². The summed E-state index contributed by atoms with van der Waals surface area (Å²) in [6.07, 6.45) is 8.82. The fourth-order valence-electron chi connectivity index (χ4n) is 3.43. The smallest absolute Gasteiger partial charge is 0.262 e. The van der Waals surface area contributed by atoms with Crippen molar-refractivity contribution in [1.82, 2.24) is 14.9 Å². The van der Waals surface area contributed by atoms with Gasteiger partial charge in [0.1, 0.15) is 0 Å². The van der Waals surface area contributed by atoms with Crippen molar-refractivity contribution in [2.45, 2.75) is 69.3 Å². The predicted octanol–water partition coefficient (Wildman–Crippen LogP) is 4.29. The van der Waals surface area contributed by atoms with Gasteiger partial charge in [-0.25, -0.2) is 4.98 Å². The van der Waals surface area contributed by atoms with Crippen LogP contribution in [0.2, 0.25) is 0 Å². The molecule has 1 atom stereocenters. The first-order valence-electron chi connectivity index (χ1n) is 10.2. The number of hydrogen-bond donors (Lipinski definition) is 1. The van der Waals surface area contributed by atoms with Crippen molar-refractivity contribution < 1.29 is 4.79 Å². The molecule has 1 unspecified atom stereocenters. The number of nitrogens with zero attached hydrogens (tertiary/aromatic N) is 2. The van der Waals surface area contributed by atoms with Crippen molar-refractivity contribution in [2.24, 2.45) is 0 Å². The summed E-state index contributed by atoms with van der Waals surface area (Å²) in [5, 5.41) is 3.87. The van der Waals surface area contributed by atoms with E-state index in [0.717, 1.165) is 25.7 Å². The van der Waals surface area contributed by atoms with Gasteiger partial charge in [0.2, 0.25) is 5.91 Å². The molecular formula is C22H29N3O2S. The number of para-hydroxylation sites is 1. The molecule has 1 N–H and O–H groups in total. The van der Waals surface area contributed by atoms with Gasteiger partial charge in [-0.1, -0.05) is 42.5 Å². The fraction of sp³-hybridized carbons (Fsp3) is 0.500. The first-order chi connectivity index (χ1) is 13.6. The van der Waals surface area contributed by atoms with Crippen LogP contribution in [0.1, 0.15) is 52.4 Å². The maximum Gasteiger partial charge on any atom is 0.262 e. The van der Waals surface area contributed by atoms with E-state index in [1.54, 1.807) is 4.57 Å². The molecule has 1 amide bonds. The number of benzene rings is 1. The Morgan fingerprint density at radius 1 is 1.32 bits per heavy atom. The third kappa shape index (κ3) is 5.04. The number of amides is 1. The lowest BCUT2D eigenvalue weighted by Gasteiger charge is -2.18. The third-order valence-corrected chi connectivity index (χ3v) is 6.16. The molecule has 6 heteroatoms. The quantitative estimate of drug-likeness (QED) is 0.408. The average Bonchev–Trinajstić information content (AvgIpc) is 2.72. The van der Waals surface area contributed by atoms with E-state index in [1.807, 2.05) is 38.1 Å². The first-order valence-corrected chi connectivity index (χ1v) is 11.1. The van der Waals surface area contributed by atoms with E-state index in [4.69, 9.17) is 4.98 Å². The molecule has 150 valence electrons. The summed E-state index contributed by atoms with van der Waals surface area (Å²) in [5.41, 5.74) is 2.09. The van der Waals surface area contributed by atoms with Gasteiger partial charge in [0.25, 0.3) is 5.56 Å². The largest absolute Gasteiger partial charge is 0.355 e. The monoisotopic (exact) mass is 399 g/mol. The van der Waals surface area contributed by atoms with E-state index in [9.17, 15) is 9.59 Å². The first kappa shape index (κ1) is 20.6. The van der Waals surface area contributed by atoms with Crippen LogP contribution in [0.15, 0.2) is 45.9 Å². The molecule has 1 heterocycles. The molecule has 2 aromatic rings. The third-order valence-electron chi connectivity index (χ3n) is 5.07. The van der Waals surface area contributed by atoms with Crippen LogP contribution in [0.5, 0.6) is 0 Å². The summed E-state index contributed by atoms with van der Waals surface area (Å²) in [6.45, 7) is 5.16. The minimum atomic E-state index is -0.306. The zero-order chi connectivity index (χ0) is 19.9. The molecule has 5 nitrogen and oxygen atoms in total. The van der Waals surface area contributed by atoms with Crippen molar-refractivity contribution >= 4 is 28.6 Å². The van der Waals surface area contributed by atoms with Gasteiger partial charge in [0.15, 0.2) is 5.16 Å². The number of carbonyl (C=O) groups excluding carboxylic acids is 1. The van der Waals surface area contributed by atoms with E-state index in [1.165, 1.54) is 30.2 Å². The Bertz CT molecular complexity index is 920. The molecule has 0 aliphatic heterocycles. The van der Waals surface area contributed by atoms with E-state index in [0.29, 0.717) is 29.1 Å². The molecule has 0 saturated carbocycles. The Morgan fingerprint density at radius 3 is 2.89 bits per heavy atom. The van der Waals surface area contributed by atoms with Gasteiger partial charge < -0.3 is 5.32 Å². The highest BCUT2D eigenvalue weighted by Crippen LogP contribution is 2.25. The van der Waals surface area contributed by atoms with Crippen LogP contribution in [0.4, 0.5) is 0 Å². The van der Waals surface area contributed by atoms with Crippen LogP contribution in [-0.4, -0.2) is 27.3 Å². The van der Waals surface area contributed by atoms with Gasteiger partial charge >= 0.3 is 0 Å². The summed E-state index contributed by atoms with van der Waals surface area (Å²) in [7, 11) is 0. The zero-order valence-corrected chi connectivity index (χ0v) is 17.6. The second kappa shape index (κ2) is 9.92. The highest BCUT2D eigenvalue weighted by molar-refractivity contribution is 8.00. The number of carbonyl (C=O) groups is 1. The number of thioether (sulfide) groups is 1. The second-order valence-corrected chi connectivity index (χ2v) is 8.59. The summed E-state index contributed by atoms with van der Waals surface area (Å²) < 4.78 is 1.76. The van der Waals surface area contributed by atoms with Gasteiger partial charge in [-0.2, -0.15) is 0 Å². The van der Waals surface area contributed by atoms with Crippen LogP contribution >= 0.6 is 11.8 Å². The summed E-state index contributed by atoms with van der Waals surface area (Å²) in [4.78, 5) is 30.2. The number of aromatic nitrogens is 2. The predicted molar refractivity (Wildman–Crippen MR) is 116 cm³/mol. The molecule has 28 heavy (non-hydrogen) atoms. The summed E-state index contributed by atoms with van der Waals surface area (Å²) in [5.74, 6) is -0.0178. The Kier molecular flexibility index (Phi) is 7.31. The zero-order valence-electron chi connectivity index (χ0n) is 16.7. The van der Waals surface area contributed by atoms with Crippen molar-refractivity contribution in [2.75, 3.05) is 6.54 Å². The molecule has 0 saturated heterocycles. The molecule has 1 aliphatic rings. The van der Waals surface area contributed by atoms with Crippen LogP contribution in [0, 0.1) is 0 Å². The lowest BCUT2D eigenvalue weighted by molar-refractivity contribution is -0.120. The Balaban J connectivity index is 1.88. The lowest BCUT2D eigenvalue weighted by Crippen LogP contribution is -2.32. The maximum absolute atomic E-state index is 13.1. The van der Waals surface area contributed by atoms with Crippen LogP contribution in [-0.2, 0) is 11.3 Å². The molecule has 3 rings (SSSR count). The van der Waals surface area contributed by atoms with Crippen LogP contribution in [0.25, 0.3) is 10.9 Å². The summed E-state index contributed by atoms with van der Waals surface area (Å²) in [6, 6.07) is 7.44. The van der Waals surface area contributed by atoms with Gasteiger partial charge in [-0.05, 0) is 57.6 Å². The highest BCUT2D eigenvalue weighted by atomic mass is 32.2. The summed E-state index contributed by atoms with van der Waals surface area (Å²) >= 11 is 1.36. The molecule has 0 bridgehead atoms. The van der Waals surface area contributed by atoms with E-state index in [-0.39, 0.29) is 16.7 Å². The van der Waals surface area contributed by atoms with Gasteiger partial charge in [-0.3, -0.25) is 14.2 Å². The molecule has 1 aromatic heterocycles. The topological polar surface area (TPSA) is 64.0 Å². The van der Waals surface area contributed by atoms with E-state index < -0.39 is 0 Å². The number of fused-ring (bicyclic) bond motifs is 1. The molecule has 0 spiro atoms. The number of nitrogens with one attached hydrogen (secondary N) is 1. The Hall–Kier alpha value is -2.08. The van der Waals surface area contributed by atoms with E-state index in [2.05, 4.69) is 11.4 Å². The molecule has 1 aromatic carbocycles. The Morgan fingerprint density at radius 2 is 2.14 bits per heavy atom. The van der Waals surface area contributed by atoms with Crippen molar-refractivity contribution in [3.05, 3.63) is 46.3 Å². The number of allylic oxidation sites excluding steroid dienone is 2. The second-order valence-electron chi connectivity index (χ2n) is 7.28. The van der Waals surface area contributed by atoms with Crippen molar-refractivity contribution in [3.8, 4) is 0 Å². The minimum absolute atomic E-state index is 0.0178. The molecule has 0 radical (unpaired) electrons. The number of rotatable bonds is 8. The van der Waals surface area contributed by atoms with Crippen LogP contribution in [0.3, 0.4) is 0 Å². The normalized spacial score (nSPS) is 15.3. The van der Waals surface area contributed by atoms with Gasteiger partial charge in [0.05, 0.1) is 16.2 Å². The van der Waals surface area contributed by atoms with Crippen LogP contribution < -0.4 is 10.9 Å². The van der Waals surface area contributed by atoms with E-state index >= 15 is 0 Å². The fourth-order valence-corrected chi connectivity index (χ4v) is 4.38. The standard InChI is InChI=1S/C22H29N3O2S/c1-3-14-23-20(26)16(2)28-22-24-19-12-8-7-11-18(19)21(27)25(22)15-13-17-9-5-4-6-10-17/h7-9,11-12,16H,3-6,10,13-15H2,1-2H3,(H,23,26). The lowest BCUT2D eigenvalue weighted by atomic mass is 9.97. The highest BCUT2D eigenvalue weighted by Gasteiger charge is 2.19. The average molecular weight is 400 g/mol. The molecular weight excluding hydrogens is 370 g/mol. The molecule has 0 fully saturated rings. The number of hydrogen-bond acceptors (Lipinski definition) is 4. The molecule has 1 aliphatic carbocycles. The maximum atomic E-state index is 13.1. The van der Waals surface area contributed by atoms with Crippen molar-refractivity contribution in [1.29, 1.82) is 0 Å². The SMILES string of the molecule is CCCNC(=O)C(C)Sc1nc2ccccc2c(=O)n1CCC1=CCCCC1. The minimum Gasteiger partial charge on any atom is -0.355 e. The van der Waals surface area contributed by atoms with Crippen molar-refractivity contribution in [3.63, 3.8) is 0 Å². The van der Waals surface area contributed by atoms with Gasteiger partial charge in [-0.15, -0.1) is 0 Å².